The van der Waals surface area contributed by atoms with E-state index in [4.69, 9.17) is 4.74 Å². The summed E-state index contributed by atoms with van der Waals surface area (Å²) in [5, 5.41) is 10.2. The van der Waals surface area contributed by atoms with Crippen LogP contribution in [0.2, 0.25) is 0 Å². The lowest BCUT2D eigenvalue weighted by Crippen LogP contribution is -2.33. The Kier molecular flexibility index (Phi) is 3.45. The van der Waals surface area contributed by atoms with Crippen molar-refractivity contribution in [1.82, 2.24) is 0 Å². The minimum Gasteiger partial charge on any atom is -0.392 e. The molecule has 1 saturated carbocycles. The first-order chi connectivity index (χ1) is 6.77. The first-order valence-electron chi connectivity index (χ1n) is 6.03. The molecule has 2 heteroatoms. The molecule has 1 heterocycles. The zero-order chi connectivity index (χ0) is 9.97. The van der Waals surface area contributed by atoms with E-state index < -0.39 is 0 Å². The van der Waals surface area contributed by atoms with Crippen molar-refractivity contribution >= 4 is 0 Å². The summed E-state index contributed by atoms with van der Waals surface area (Å²) < 4.78 is 5.43. The van der Waals surface area contributed by atoms with Crippen molar-refractivity contribution in [3.05, 3.63) is 0 Å². The van der Waals surface area contributed by atoms with E-state index in [2.05, 4.69) is 6.92 Å². The second-order valence-electron chi connectivity index (χ2n) is 5.15. The van der Waals surface area contributed by atoms with Crippen LogP contribution in [0, 0.1) is 17.8 Å². The highest BCUT2D eigenvalue weighted by molar-refractivity contribution is 4.83. The number of aliphatic hydroxyl groups excluding tert-OH is 1. The van der Waals surface area contributed by atoms with Gasteiger partial charge in [-0.25, -0.2) is 0 Å². The third-order valence-corrected chi connectivity index (χ3v) is 3.90. The second-order valence-corrected chi connectivity index (χ2v) is 5.15. The van der Waals surface area contributed by atoms with Crippen LogP contribution in [0.4, 0.5) is 0 Å². The first kappa shape index (κ1) is 10.4. The van der Waals surface area contributed by atoms with Gasteiger partial charge in [0.25, 0.3) is 0 Å². The molecule has 4 unspecified atom stereocenters. The van der Waals surface area contributed by atoms with E-state index >= 15 is 0 Å². The molecule has 1 saturated heterocycles. The highest BCUT2D eigenvalue weighted by atomic mass is 16.5. The maximum atomic E-state index is 10.2. The molecule has 0 aromatic rings. The van der Waals surface area contributed by atoms with Crippen LogP contribution in [0.1, 0.15) is 39.0 Å². The van der Waals surface area contributed by atoms with Crippen LogP contribution in [0.5, 0.6) is 0 Å². The molecule has 0 spiro atoms. The predicted octanol–water partition coefficient (Wildman–Crippen LogP) is 2.21. The second kappa shape index (κ2) is 4.63. The molecule has 0 radical (unpaired) electrons. The summed E-state index contributed by atoms with van der Waals surface area (Å²) >= 11 is 0. The minimum atomic E-state index is -0.0970. The van der Waals surface area contributed by atoms with Crippen molar-refractivity contribution in [3.63, 3.8) is 0 Å². The normalized spacial score (nSPS) is 41.1. The molecule has 82 valence electrons. The molecular formula is C12H22O2. The average Bonchev–Trinajstić information content (AvgIpc) is 2.65. The molecule has 4 atom stereocenters. The van der Waals surface area contributed by atoms with Crippen molar-refractivity contribution in [2.45, 2.75) is 45.1 Å². The smallest absolute Gasteiger partial charge is 0.0618 e. The van der Waals surface area contributed by atoms with Crippen molar-refractivity contribution < 1.29 is 9.84 Å². The summed E-state index contributed by atoms with van der Waals surface area (Å²) in [4.78, 5) is 0. The lowest BCUT2D eigenvalue weighted by Gasteiger charge is -2.30. The van der Waals surface area contributed by atoms with E-state index in [1.54, 1.807) is 0 Å². The molecule has 0 bridgehead atoms. The van der Waals surface area contributed by atoms with Crippen LogP contribution >= 0.6 is 0 Å². The first-order valence-corrected chi connectivity index (χ1v) is 6.03. The fourth-order valence-electron chi connectivity index (χ4n) is 2.98. The van der Waals surface area contributed by atoms with Crippen LogP contribution < -0.4 is 0 Å². The lowest BCUT2D eigenvalue weighted by molar-refractivity contribution is -0.0323. The number of hydrogen-bond donors (Lipinski definition) is 1. The summed E-state index contributed by atoms with van der Waals surface area (Å²) in [6, 6.07) is 0. The van der Waals surface area contributed by atoms with Crippen molar-refractivity contribution in [1.29, 1.82) is 0 Å². The standard InChI is InChI=1S/C12H22O2/c1-9-4-5-10(7-9)12(13)11-3-2-6-14-8-11/h9-13H,2-8H2,1H3. The van der Waals surface area contributed by atoms with E-state index in [-0.39, 0.29) is 6.10 Å². The quantitative estimate of drug-likeness (QED) is 0.737. The van der Waals surface area contributed by atoms with Gasteiger partial charge in [0.2, 0.25) is 0 Å². The molecule has 2 nitrogen and oxygen atoms in total. The summed E-state index contributed by atoms with van der Waals surface area (Å²) in [5.74, 6) is 1.79. The fourth-order valence-corrected chi connectivity index (χ4v) is 2.98. The Labute approximate surface area is 86.6 Å². The topological polar surface area (TPSA) is 29.5 Å². The molecule has 1 aliphatic carbocycles. The number of aliphatic hydroxyl groups is 1. The Morgan fingerprint density at radius 1 is 1.21 bits per heavy atom. The van der Waals surface area contributed by atoms with Gasteiger partial charge in [0.05, 0.1) is 12.7 Å². The van der Waals surface area contributed by atoms with E-state index in [1.807, 2.05) is 0 Å². The highest BCUT2D eigenvalue weighted by Gasteiger charge is 2.33. The zero-order valence-corrected chi connectivity index (χ0v) is 9.11. The number of ether oxygens (including phenoxy) is 1. The van der Waals surface area contributed by atoms with E-state index in [0.717, 1.165) is 32.0 Å². The molecule has 0 amide bonds. The number of rotatable bonds is 2. The van der Waals surface area contributed by atoms with Gasteiger partial charge in [0, 0.05) is 12.5 Å². The zero-order valence-electron chi connectivity index (χ0n) is 9.11. The molecule has 2 fully saturated rings. The third kappa shape index (κ3) is 2.29. The molecular weight excluding hydrogens is 176 g/mol. The largest absolute Gasteiger partial charge is 0.392 e. The van der Waals surface area contributed by atoms with Gasteiger partial charge >= 0.3 is 0 Å². The van der Waals surface area contributed by atoms with Crippen molar-refractivity contribution in [3.8, 4) is 0 Å². The summed E-state index contributed by atoms with van der Waals surface area (Å²) in [6.45, 7) is 3.97. The van der Waals surface area contributed by atoms with Gasteiger partial charge in [0.15, 0.2) is 0 Å². The van der Waals surface area contributed by atoms with Crippen LogP contribution in [0.3, 0.4) is 0 Å². The molecule has 1 N–H and O–H groups in total. The molecule has 14 heavy (non-hydrogen) atoms. The Hall–Kier alpha value is -0.0800. The van der Waals surface area contributed by atoms with Gasteiger partial charge in [-0.15, -0.1) is 0 Å². The Balaban J connectivity index is 1.84. The lowest BCUT2D eigenvalue weighted by atomic mass is 9.86. The van der Waals surface area contributed by atoms with Crippen LogP contribution in [0.15, 0.2) is 0 Å². The Bertz CT molecular complexity index is 170. The van der Waals surface area contributed by atoms with Gasteiger partial charge in [0.1, 0.15) is 0 Å². The van der Waals surface area contributed by atoms with E-state index in [9.17, 15) is 5.11 Å². The molecule has 0 aromatic heterocycles. The minimum absolute atomic E-state index is 0.0970. The maximum absolute atomic E-state index is 10.2. The van der Waals surface area contributed by atoms with Crippen LogP contribution in [-0.2, 0) is 4.74 Å². The molecule has 1 aliphatic heterocycles. The SMILES string of the molecule is CC1CCC(C(O)C2CCCOC2)C1. The van der Waals surface area contributed by atoms with Gasteiger partial charge in [-0.2, -0.15) is 0 Å². The Morgan fingerprint density at radius 3 is 2.64 bits per heavy atom. The average molecular weight is 198 g/mol. The monoisotopic (exact) mass is 198 g/mol. The van der Waals surface area contributed by atoms with Gasteiger partial charge in [-0.3, -0.25) is 0 Å². The maximum Gasteiger partial charge on any atom is 0.0618 e. The number of hydrogen-bond acceptors (Lipinski definition) is 2. The third-order valence-electron chi connectivity index (χ3n) is 3.90. The summed E-state index contributed by atoms with van der Waals surface area (Å²) in [6.07, 6.45) is 5.93. The molecule has 2 aliphatic rings. The van der Waals surface area contributed by atoms with E-state index in [0.29, 0.717) is 11.8 Å². The van der Waals surface area contributed by atoms with Gasteiger partial charge < -0.3 is 9.84 Å². The van der Waals surface area contributed by atoms with Crippen LogP contribution in [0.25, 0.3) is 0 Å². The van der Waals surface area contributed by atoms with Crippen molar-refractivity contribution in [2.75, 3.05) is 13.2 Å². The molecule has 2 rings (SSSR count). The molecule has 0 aromatic carbocycles. The Morgan fingerprint density at radius 2 is 2.07 bits per heavy atom. The summed E-state index contributed by atoms with van der Waals surface area (Å²) in [7, 11) is 0. The van der Waals surface area contributed by atoms with Crippen molar-refractivity contribution in [2.24, 2.45) is 17.8 Å². The highest BCUT2D eigenvalue weighted by Crippen LogP contribution is 2.36. The van der Waals surface area contributed by atoms with Gasteiger partial charge in [-0.05, 0) is 37.5 Å². The van der Waals surface area contributed by atoms with Crippen LogP contribution in [-0.4, -0.2) is 24.4 Å². The predicted molar refractivity (Wildman–Crippen MR) is 56.1 cm³/mol. The summed E-state index contributed by atoms with van der Waals surface area (Å²) in [5.41, 5.74) is 0. The van der Waals surface area contributed by atoms with Gasteiger partial charge in [-0.1, -0.05) is 13.3 Å². The van der Waals surface area contributed by atoms with E-state index in [1.165, 1.54) is 19.3 Å². The fraction of sp³-hybridized carbons (Fsp3) is 1.00.